The highest BCUT2D eigenvalue weighted by Gasteiger charge is 2.41. The van der Waals surface area contributed by atoms with Crippen molar-refractivity contribution >= 4 is 11.8 Å². The predicted molar refractivity (Wildman–Crippen MR) is 76.8 cm³/mol. The smallest absolute Gasteiger partial charge is 0.0426 e. The first-order chi connectivity index (χ1) is 8.92. The third-order valence-corrected chi connectivity index (χ3v) is 5.94. The first-order valence-electron chi connectivity index (χ1n) is 7.37. The maximum atomic E-state index is 3.86. The number of nitrogens with one attached hydrogen (secondary N) is 1. The molecule has 1 aliphatic heterocycles. The summed E-state index contributed by atoms with van der Waals surface area (Å²) in [6, 6.07) is 9.51. The van der Waals surface area contributed by atoms with Crippen molar-refractivity contribution in [3.05, 3.63) is 29.8 Å². The first-order valence-corrected chi connectivity index (χ1v) is 8.35. The summed E-state index contributed by atoms with van der Waals surface area (Å²) in [5, 5.41) is 3.86. The summed E-state index contributed by atoms with van der Waals surface area (Å²) in [7, 11) is 0. The second kappa shape index (κ2) is 4.57. The Morgan fingerprint density at radius 2 is 1.83 bits per heavy atom. The molecule has 0 spiro atoms. The van der Waals surface area contributed by atoms with Crippen molar-refractivity contribution in [1.82, 2.24) is 5.32 Å². The van der Waals surface area contributed by atoms with E-state index >= 15 is 0 Å². The lowest BCUT2D eigenvalue weighted by molar-refractivity contribution is 0.363. The Hall–Kier alpha value is -0.470. The quantitative estimate of drug-likeness (QED) is 0.862. The van der Waals surface area contributed by atoms with Gasteiger partial charge in [0, 0.05) is 16.7 Å². The van der Waals surface area contributed by atoms with E-state index in [1.807, 2.05) is 11.8 Å². The van der Waals surface area contributed by atoms with Gasteiger partial charge in [-0.3, -0.25) is 0 Å². The summed E-state index contributed by atoms with van der Waals surface area (Å²) in [5.41, 5.74) is 1.54. The second-order valence-corrected chi connectivity index (χ2v) is 7.21. The molecule has 0 bridgehead atoms. The molecule has 18 heavy (non-hydrogen) atoms. The van der Waals surface area contributed by atoms with Crippen LogP contribution in [0, 0.1) is 17.8 Å². The molecule has 4 rings (SSSR count). The zero-order chi connectivity index (χ0) is 11.9. The van der Waals surface area contributed by atoms with Crippen LogP contribution in [0.3, 0.4) is 0 Å². The summed E-state index contributed by atoms with van der Waals surface area (Å²) in [6.07, 6.45) is 6.00. The molecule has 0 saturated heterocycles. The molecular formula is C16H21NS. The molecule has 3 aliphatic rings. The fourth-order valence-electron chi connectivity index (χ4n) is 3.38. The Labute approximate surface area is 114 Å². The Morgan fingerprint density at radius 1 is 1.11 bits per heavy atom. The molecule has 0 amide bonds. The van der Waals surface area contributed by atoms with Gasteiger partial charge in [0.2, 0.25) is 0 Å². The summed E-state index contributed by atoms with van der Waals surface area (Å²) >= 11 is 2.01. The van der Waals surface area contributed by atoms with Crippen LogP contribution in [0.4, 0.5) is 0 Å². The van der Waals surface area contributed by atoms with Gasteiger partial charge in [0.15, 0.2) is 0 Å². The Morgan fingerprint density at radius 3 is 2.56 bits per heavy atom. The number of thioether (sulfide) groups is 1. The monoisotopic (exact) mass is 259 g/mol. The van der Waals surface area contributed by atoms with E-state index in [4.69, 9.17) is 0 Å². The van der Waals surface area contributed by atoms with Crippen LogP contribution in [-0.4, -0.2) is 12.3 Å². The topological polar surface area (TPSA) is 12.0 Å². The first kappa shape index (κ1) is 11.4. The third-order valence-electron chi connectivity index (χ3n) is 4.75. The summed E-state index contributed by atoms with van der Waals surface area (Å²) in [4.78, 5) is 1.49. The standard InChI is InChI=1S/C16H21NS/c1-2-4-16-13(3-1)15(10-18-16)17-9-14(11-5-6-11)12-7-8-12/h1-4,11-12,14-15,17H,5-10H2. The zero-order valence-corrected chi connectivity index (χ0v) is 11.6. The van der Waals surface area contributed by atoms with Crippen LogP contribution in [-0.2, 0) is 0 Å². The van der Waals surface area contributed by atoms with Crippen LogP contribution < -0.4 is 5.32 Å². The lowest BCUT2D eigenvalue weighted by atomic mass is 9.97. The molecule has 2 heteroatoms. The maximum absolute atomic E-state index is 3.86. The van der Waals surface area contributed by atoms with E-state index in [0.29, 0.717) is 6.04 Å². The highest BCUT2D eigenvalue weighted by Crippen LogP contribution is 2.49. The number of benzene rings is 1. The summed E-state index contributed by atoms with van der Waals surface area (Å²) < 4.78 is 0. The number of fused-ring (bicyclic) bond motifs is 1. The fourth-order valence-corrected chi connectivity index (χ4v) is 4.57. The predicted octanol–water partition coefficient (Wildman–Crippen LogP) is 3.86. The van der Waals surface area contributed by atoms with E-state index in [1.54, 1.807) is 0 Å². The minimum absolute atomic E-state index is 0.603. The van der Waals surface area contributed by atoms with Crippen LogP contribution in [0.15, 0.2) is 29.2 Å². The van der Waals surface area contributed by atoms with Gasteiger partial charge in [0.25, 0.3) is 0 Å². The van der Waals surface area contributed by atoms with Gasteiger partial charge < -0.3 is 5.32 Å². The molecule has 2 fully saturated rings. The van der Waals surface area contributed by atoms with Crippen molar-refractivity contribution < 1.29 is 0 Å². The minimum atomic E-state index is 0.603. The third kappa shape index (κ3) is 2.21. The average molecular weight is 259 g/mol. The highest BCUT2D eigenvalue weighted by molar-refractivity contribution is 7.99. The van der Waals surface area contributed by atoms with Gasteiger partial charge in [-0.05, 0) is 61.6 Å². The van der Waals surface area contributed by atoms with E-state index in [1.165, 1.54) is 48.4 Å². The molecule has 1 N–H and O–H groups in total. The van der Waals surface area contributed by atoms with Crippen molar-refractivity contribution in [2.45, 2.75) is 36.6 Å². The second-order valence-electron chi connectivity index (χ2n) is 6.15. The molecule has 2 aliphatic carbocycles. The Balaban J connectivity index is 1.40. The molecule has 96 valence electrons. The lowest BCUT2D eigenvalue weighted by Gasteiger charge is -2.20. The zero-order valence-electron chi connectivity index (χ0n) is 10.8. The molecule has 1 aromatic carbocycles. The fraction of sp³-hybridized carbons (Fsp3) is 0.625. The van der Waals surface area contributed by atoms with Crippen LogP contribution in [0.1, 0.15) is 37.3 Å². The molecular weight excluding hydrogens is 238 g/mol. The van der Waals surface area contributed by atoms with Crippen LogP contribution in [0.5, 0.6) is 0 Å². The Kier molecular flexibility index (Phi) is 2.89. The van der Waals surface area contributed by atoms with Crippen LogP contribution in [0.2, 0.25) is 0 Å². The minimum Gasteiger partial charge on any atom is -0.309 e. The van der Waals surface area contributed by atoms with E-state index in [0.717, 1.165) is 17.8 Å². The largest absolute Gasteiger partial charge is 0.309 e. The summed E-state index contributed by atoms with van der Waals surface area (Å²) in [5.74, 6) is 4.34. The molecule has 0 aromatic heterocycles. The molecule has 1 nitrogen and oxygen atoms in total. The van der Waals surface area contributed by atoms with E-state index in [-0.39, 0.29) is 0 Å². The molecule has 1 atom stereocenters. The van der Waals surface area contributed by atoms with Crippen LogP contribution >= 0.6 is 11.8 Å². The molecule has 1 aromatic rings. The van der Waals surface area contributed by atoms with Gasteiger partial charge in [-0.2, -0.15) is 0 Å². The highest BCUT2D eigenvalue weighted by atomic mass is 32.2. The van der Waals surface area contributed by atoms with Crippen molar-refractivity contribution in [1.29, 1.82) is 0 Å². The normalized spacial score (nSPS) is 26.6. The van der Waals surface area contributed by atoms with Gasteiger partial charge >= 0.3 is 0 Å². The molecule has 2 saturated carbocycles. The van der Waals surface area contributed by atoms with Crippen molar-refractivity contribution in [3.8, 4) is 0 Å². The van der Waals surface area contributed by atoms with E-state index in [2.05, 4.69) is 29.6 Å². The number of hydrogen-bond acceptors (Lipinski definition) is 2. The molecule has 1 heterocycles. The lowest BCUT2D eigenvalue weighted by Crippen LogP contribution is -2.29. The average Bonchev–Trinajstić information content (AvgIpc) is 3.29. The maximum Gasteiger partial charge on any atom is 0.0426 e. The molecule has 1 unspecified atom stereocenters. The molecule has 0 radical (unpaired) electrons. The van der Waals surface area contributed by atoms with E-state index < -0.39 is 0 Å². The van der Waals surface area contributed by atoms with Crippen molar-refractivity contribution in [2.24, 2.45) is 17.8 Å². The van der Waals surface area contributed by atoms with Crippen molar-refractivity contribution in [3.63, 3.8) is 0 Å². The number of rotatable bonds is 5. The van der Waals surface area contributed by atoms with E-state index in [9.17, 15) is 0 Å². The SMILES string of the molecule is c1ccc2c(c1)SCC2NCC(C1CC1)C1CC1. The van der Waals surface area contributed by atoms with Crippen LogP contribution in [0.25, 0.3) is 0 Å². The van der Waals surface area contributed by atoms with Gasteiger partial charge in [0.05, 0.1) is 0 Å². The Bertz CT molecular complexity index is 424. The summed E-state index contributed by atoms with van der Waals surface area (Å²) in [6.45, 7) is 1.26. The number of hydrogen-bond donors (Lipinski definition) is 1. The van der Waals surface area contributed by atoms with Gasteiger partial charge in [-0.25, -0.2) is 0 Å². The van der Waals surface area contributed by atoms with Crippen molar-refractivity contribution in [2.75, 3.05) is 12.3 Å². The van der Waals surface area contributed by atoms with Gasteiger partial charge in [-0.15, -0.1) is 11.8 Å². The van der Waals surface area contributed by atoms with Gasteiger partial charge in [-0.1, -0.05) is 18.2 Å². The van der Waals surface area contributed by atoms with Gasteiger partial charge in [0.1, 0.15) is 0 Å².